The molecule has 0 unspecified atom stereocenters. The fraction of sp³-hybridized carbons (Fsp3) is 0.526. The third kappa shape index (κ3) is 1.96. The smallest absolute Gasteiger partial charge is 0.325 e. The van der Waals surface area contributed by atoms with E-state index in [2.05, 4.69) is 0 Å². The van der Waals surface area contributed by atoms with E-state index >= 15 is 0 Å². The van der Waals surface area contributed by atoms with Crippen molar-refractivity contribution in [2.75, 3.05) is 6.61 Å². The number of hydrogen-bond donors (Lipinski definition) is 0. The molecule has 2 aliphatic rings. The summed E-state index contributed by atoms with van der Waals surface area (Å²) in [6, 6.07) is 5.13. The number of halogens is 1. The van der Waals surface area contributed by atoms with Crippen molar-refractivity contribution in [2.45, 2.75) is 39.7 Å². The average Bonchev–Trinajstić information content (AvgIpc) is 3.15. The van der Waals surface area contributed by atoms with Gasteiger partial charge in [-0.15, -0.1) is 0 Å². The van der Waals surface area contributed by atoms with Gasteiger partial charge in [-0.2, -0.15) is 0 Å². The number of benzene rings is 1. The van der Waals surface area contributed by atoms with E-state index in [4.69, 9.17) is 9.47 Å². The molecule has 0 radical (unpaired) electrons. The van der Waals surface area contributed by atoms with Crippen molar-refractivity contribution >= 4 is 17.7 Å². The molecule has 3 rings (SSSR count). The summed E-state index contributed by atoms with van der Waals surface area (Å²) in [5, 5.41) is 0. The number of Topliss-reactive ketones (excluding diaryl/α,β-unsaturated/α-hetero) is 1. The Kier molecular flexibility index (Phi) is 3.78. The maximum atomic E-state index is 13.3. The van der Waals surface area contributed by atoms with Gasteiger partial charge >= 0.3 is 11.9 Å². The van der Waals surface area contributed by atoms with Gasteiger partial charge in [-0.05, 0) is 51.5 Å². The van der Waals surface area contributed by atoms with Crippen LogP contribution in [0.25, 0.3) is 0 Å². The number of carbonyl (C=O) groups is 3. The number of fused-ring (bicyclic) bond motifs is 1. The first kappa shape index (κ1) is 17.6. The molecule has 1 heterocycles. The predicted octanol–water partition coefficient (Wildman–Crippen LogP) is 2.92. The molecule has 0 N–H and O–H groups in total. The second-order valence-electron chi connectivity index (χ2n) is 7.12. The first-order valence-corrected chi connectivity index (χ1v) is 8.41. The van der Waals surface area contributed by atoms with E-state index in [9.17, 15) is 18.8 Å². The van der Waals surface area contributed by atoms with Crippen LogP contribution in [-0.2, 0) is 19.1 Å². The van der Waals surface area contributed by atoms with E-state index in [1.54, 1.807) is 27.7 Å². The van der Waals surface area contributed by atoms with Crippen molar-refractivity contribution in [1.82, 2.24) is 0 Å². The van der Waals surface area contributed by atoms with Crippen molar-refractivity contribution < 1.29 is 28.2 Å². The molecule has 25 heavy (non-hydrogen) atoms. The highest BCUT2D eigenvalue weighted by molar-refractivity contribution is 6.19. The molecular formula is C19H21FO5. The normalized spacial score (nSPS) is 31.9. The summed E-state index contributed by atoms with van der Waals surface area (Å²) in [6.07, 6.45) is 0.283. The number of carbonyl (C=O) groups excluding carboxylic acids is 3. The van der Waals surface area contributed by atoms with Gasteiger partial charge in [0.25, 0.3) is 0 Å². The van der Waals surface area contributed by atoms with E-state index in [1.165, 1.54) is 24.3 Å². The lowest BCUT2D eigenvalue weighted by Crippen LogP contribution is -2.40. The lowest BCUT2D eigenvalue weighted by atomic mass is 9.81. The fourth-order valence-corrected chi connectivity index (χ4v) is 4.77. The Labute approximate surface area is 145 Å². The van der Waals surface area contributed by atoms with Crippen LogP contribution in [0, 0.1) is 22.6 Å². The minimum Gasteiger partial charge on any atom is -0.465 e. The maximum absolute atomic E-state index is 13.3. The molecule has 5 nitrogen and oxygen atoms in total. The Balaban J connectivity index is 2.14. The molecule has 2 fully saturated rings. The highest BCUT2D eigenvalue weighted by atomic mass is 19.1. The Morgan fingerprint density at radius 2 is 1.80 bits per heavy atom. The summed E-state index contributed by atoms with van der Waals surface area (Å²) in [6.45, 7) is 6.92. The summed E-state index contributed by atoms with van der Waals surface area (Å²) in [5.41, 5.74) is -3.54. The number of rotatable bonds is 5. The molecule has 0 spiro atoms. The minimum atomic E-state index is -1.62. The highest BCUT2D eigenvalue weighted by Gasteiger charge is 2.95. The van der Waals surface area contributed by atoms with Gasteiger partial charge < -0.3 is 9.47 Å². The summed E-state index contributed by atoms with van der Waals surface area (Å²) in [5.74, 6) is -2.84. The van der Waals surface area contributed by atoms with Crippen LogP contribution in [0.2, 0.25) is 0 Å². The number of ether oxygens (including phenoxy) is 2. The standard InChI is InChI=1S/C19H21FO5/c1-5-18(13(21)11-7-9-12(20)10-8-11)14-17(3,4)25-16(23)19(14,18)15(22)24-6-2/h7-10,14H,5-6H2,1-4H3/t14-,18-,19+/m1/s1. The van der Waals surface area contributed by atoms with E-state index in [0.29, 0.717) is 0 Å². The quantitative estimate of drug-likeness (QED) is 0.465. The first-order valence-electron chi connectivity index (χ1n) is 8.41. The maximum Gasteiger partial charge on any atom is 0.325 e. The molecule has 6 heteroatoms. The van der Waals surface area contributed by atoms with Crippen LogP contribution in [-0.4, -0.2) is 29.9 Å². The van der Waals surface area contributed by atoms with Crippen LogP contribution in [0.1, 0.15) is 44.5 Å². The largest absolute Gasteiger partial charge is 0.465 e. The van der Waals surface area contributed by atoms with Crippen molar-refractivity contribution in [2.24, 2.45) is 16.7 Å². The summed E-state index contributed by atoms with van der Waals surface area (Å²) >= 11 is 0. The van der Waals surface area contributed by atoms with Gasteiger partial charge in [0.1, 0.15) is 11.4 Å². The van der Waals surface area contributed by atoms with Crippen molar-refractivity contribution in [3.05, 3.63) is 35.6 Å². The monoisotopic (exact) mass is 348 g/mol. The van der Waals surface area contributed by atoms with Gasteiger partial charge in [-0.1, -0.05) is 6.92 Å². The predicted molar refractivity (Wildman–Crippen MR) is 86.2 cm³/mol. The van der Waals surface area contributed by atoms with Crippen molar-refractivity contribution in [1.29, 1.82) is 0 Å². The zero-order valence-electron chi connectivity index (χ0n) is 14.7. The third-order valence-corrected chi connectivity index (χ3v) is 5.59. The molecule has 0 amide bonds. The number of ketones is 1. The Bertz CT molecular complexity index is 754. The lowest BCUT2D eigenvalue weighted by molar-refractivity contribution is -0.166. The molecule has 0 bridgehead atoms. The van der Waals surface area contributed by atoms with E-state index in [1.807, 2.05) is 0 Å². The SMILES string of the molecule is CCOC(=O)[C@]12C(=O)OC(C)(C)[C@@H]1[C@@]2(CC)C(=O)c1ccc(F)cc1. The summed E-state index contributed by atoms with van der Waals surface area (Å²) in [4.78, 5) is 38.7. The topological polar surface area (TPSA) is 69.7 Å². The van der Waals surface area contributed by atoms with Crippen LogP contribution in [0.5, 0.6) is 0 Å². The lowest BCUT2D eigenvalue weighted by Gasteiger charge is -2.28. The molecule has 0 aromatic heterocycles. The number of cyclic esters (lactones) is 1. The van der Waals surface area contributed by atoms with Gasteiger partial charge in [0.05, 0.1) is 12.0 Å². The highest BCUT2D eigenvalue weighted by Crippen LogP contribution is 2.80. The Hall–Kier alpha value is -2.24. The van der Waals surface area contributed by atoms with Crippen LogP contribution < -0.4 is 0 Å². The van der Waals surface area contributed by atoms with Crippen LogP contribution in [0.3, 0.4) is 0 Å². The van der Waals surface area contributed by atoms with E-state index in [-0.39, 0.29) is 24.4 Å². The zero-order valence-corrected chi connectivity index (χ0v) is 14.7. The molecule has 1 aromatic rings. The Morgan fingerprint density at radius 3 is 2.32 bits per heavy atom. The van der Waals surface area contributed by atoms with Crippen LogP contribution >= 0.6 is 0 Å². The van der Waals surface area contributed by atoms with Gasteiger partial charge in [0, 0.05) is 11.5 Å². The third-order valence-electron chi connectivity index (χ3n) is 5.59. The van der Waals surface area contributed by atoms with Crippen molar-refractivity contribution in [3.63, 3.8) is 0 Å². The number of esters is 2. The first-order chi connectivity index (χ1) is 11.7. The summed E-state index contributed by atoms with van der Waals surface area (Å²) < 4.78 is 23.7. The summed E-state index contributed by atoms with van der Waals surface area (Å²) in [7, 11) is 0. The number of hydrogen-bond acceptors (Lipinski definition) is 5. The molecule has 1 saturated carbocycles. The van der Waals surface area contributed by atoms with Gasteiger partial charge in [0.2, 0.25) is 0 Å². The molecule has 3 atom stereocenters. The van der Waals surface area contributed by atoms with E-state index in [0.717, 1.165) is 0 Å². The van der Waals surface area contributed by atoms with Gasteiger partial charge in [-0.3, -0.25) is 14.4 Å². The average molecular weight is 348 g/mol. The Morgan fingerprint density at radius 1 is 1.20 bits per heavy atom. The molecule has 1 aliphatic carbocycles. The van der Waals surface area contributed by atoms with E-state index < -0.39 is 40.1 Å². The second-order valence-corrected chi connectivity index (χ2v) is 7.12. The zero-order chi connectivity index (χ0) is 18.6. The van der Waals surface area contributed by atoms with Crippen molar-refractivity contribution in [3.8, 4) is 0 Å². The molecular weight excluding hydrogens is 327 g/mol. The molecule has 1 saturated heterocycles. The van der Waals surface area contributed by atoms with Crippen LogP contribution in [0.15, 0.2) is 24.3 Å². The minimum absolute atomic E-state index is 0.103. The second kappa shape index (κ2) is 5.38. The molecule has 134 valence electrons. The fourth-order valence-electron chi connectivity index (χ4n) is 4.77. The van der Waals surface area contributed by atoms with Gasteiger partial charge in [0.15, 0.2) is 11.2 Å². The van der Waals surface area contributed by atoms with Crippen LogP contribution in [0.4, 0.5) is 4.39 Å². The molecule has 1 aromatic carbocycles. The van der Waals surface area contributed by atoms with Gasteiger partial charge in [-0.25, -0.2) is 4.39 Å². The molecule has 1 aliphatic heterocycles.